The second kappa shape index (κ2) is 6.94. The zero-order chi connectivity index (χ0) is 20.1. The van der Waals surface area contributed by atoms with E-state index in [0.717, 1.165) is 10.1 Å². The smallest absolute Gasteiger partial charge is 0.198 e. The lowest BCUT2D eigenvalue weighted by Gasteiger charge is -2.30. The summed E-state index contributed by atoms with van der Waals surface area (Å²) in [7, 11) is 0. The van der Waals surface area contributed by atoms with E-state index in [9.17, 15) is 9.50 Å². The molecule has 9 heteroatoms. The Morgan fingerprint density at radius 3 is 3.00 bits per heavy atom. The average molecular weight is 416 g/mol. The molecule has 1 aliphatic heterocycles. The van der Waals surface area contributed by atoms with E-state index in [1.54, 1.807) is 12.1 Å². The molecule has 29 heavy (non-hydrogen) atoms. The normalized spacial score (nSPS) is 19.8. The summed E-state index contributed by atoms with van der Waals surface area (Å²) in [4.78, 5) is 7.86. The molecule has 0 aliphatic carbocycles. The maximum atomic E-state index is 15.1. The van der Waals surface area contributed by atoms with Crippen molar-refractivity contribution in [3.05, 3.63) is 42.1 Å². The molecule has 3 aromatic heterocycles. The molecular formula is C20H18F2N4O2S. The van der Waals surface area contributed by atoms with Crippen molar-refractivity contribution in [2.75, 3.05) is 18.5 Å². The number of benzene rings is 1. The second-order valence-electron chi connectivity index (χ2n) is 7.12. The lowest BCUT2D eigenvalue weighted by Crippen LogP contribution is -2.47. The van der Waals surface area contributed by atoms with Crippen molar-refractivity contribution in [1.82, 2.24) is 9.97 Å². The van der Waals surface area contributed by atoms with Gasteiger partial charge in [0.15, 0.2) is 17.5 Å². The van der Waals surface area contributed by atoms with Gasteiger partial charge in [-0.1, -0.05) is 0 Å². The van der Waals surface area contributed by atoms with E-state index >= 15 is 4.39 Å². The molecular weight excluding hydrogens is 398 g/mol. The Kier molecular flexibility index (Phi) is 4.38. The number of thiophene rings is 1. The molecule has 1 saturated heterocycles. The van der Waals surface area contributed by atoms with Crippen molar-refractivity contribution in [3.8, 4) is 16.5 Å². The predicted molar refractivity (Wildman–Crippen MR) is 109 cm³/mol. The maximum Gasteiger partial charge on any atom is 0.198 e. The Labute approximate surface area is 168 Å². The summed E-state index contributed by atoms with van der Waals surface area (Å²) >= 11 is 1.40. The van der Waals surface area contributed by atoms with Gasteiger partial charge in [0.05, 0.1) is 22.6 Å². The first-order valence-corrected chi connectivity index (χ1v) is 10.0. The Hall–Kier alpha value is -2.75. The number of nitrogens with one attached hydrogen (secondary N) is 2. The van der Waals surface area contributed by atoms with E-state index in [0.29, 0.717) is 30.2 Å². The molecule has 150 valence electrons. The fourth-order valence-corrected chi connectivity index (χ4v) is 4.73. The van der Waals surface area contributed by atoms with Gasteiger partial charge in [0.1, 0.15) is 5.82 Å². The topological polar surface area (TPSA) is 96.2 Å². The Morgan fingerprint density at radius 1 is 1.31 bits per heavy atom. The average Bonchev–Trinajstić information content (AvgIpc) is 3.29. The molecule has 1 aromatic carbocycles. The van der Waals surface area contributed by atoms with Crippen LogP contribution in [-0.2, 0) is 4.74 Å². The van der Waals surface area contributed by atoms with Gasteiger partial charge in [-0.05, 0) is 36.1 Å². The quantitative estimate of drug-likeness (QED) is 0.406. The molecule has 1 fully saturated rings. The fraction of sp³-hybridized carbons (Fsp3) is 0.250. The predicted octanol–water partition coefficient (Wildman–Crippen LogP) is 3.96. The second-order valence-corrected chi connectivity index (χ2v) is 8.20. The van der Waals surface area contributed by atoms with E-state index < -0.39 is 5.82 Å². The van der Waals surface area contributed by atoms with Crippen molar-refractivity contribution in [2.45, 2.75) is 18.5 Å². The molecule has 6 nitrogen and oxygen atoms in total. The van der Waals surface area contributed by atoms with Gasteiger partial charge in [-0.3, -0.25) is 0 Å². The first-order chi connectivity index (χ1) is 14.0. The van der Waals surface area contributed by atoms with Gasteiger partial charge in [0.2, 0.25) is 0 Å². The summed E-state index contributed by atoms with van der Waals surface area (Å²) in [6, 6.07) is 5.85. The third-order valence-corrected chi connectivity index (χ3v) is 6.32. The minimum absolute atomic E-state index is 0.0671. The van der Waals surface area contributed by atoms with Crippen LogP contribution in [0.15, 0.2) is 30.5 Å². The number of rotatable bonds is 3. The number of aromatic hydroxyl groups is 1. The van der Waals surface area contributed by atoms with Crippen LogP contribution >= 0.6 is 11.3 Å². The molecule has 0 radical (unpaired) electrons. The van der Waals surface area contributed by atoms with E-state index in [1.165, 1.54) is 29.7 Å². The summed E-state index contributed by atoms with van der Waals surface area (Å²) in [6.45, 7) is 0.927. The number of fused-ring (bicyclic) bond motifs is 2. The minimum atomic E-state index is -0.564. The van der Waals surface area contributed by atoms with Crippen molar-refractivity contribution < 1.29 is 18.6 Å². The van der Waals surface area contributed by atoms with Gasteiger partial charge >= 0.3 is 0 Å². The van der Waals surface area contributed by atoms with Gasteiger partial charge in [-0.15, -0.1) is 11.3 Å². The Bertz CT molecular complexity index is 1220. The van der Waals surface area contributed by atoms with Crippen LogP contribution in [0.4, 0.5) is 14.6 Å². The number of hydrogen-bond donors (Lipinski definition) is 4. The number of H-pyrrole nitrogens is 1. The van der Waals surface area contributed by atoms with Gasteiger partial charge in [-0.25, -0.2) is 13.8 Å². The standard InChI is InChI=1S/C20H18F2N4O2S/c21-10-1-2-14-9(5-10)6-15(29-14)18-16-11(7-24-20(16)27)17(22)19(26-18)25-13-3-4-28-8-12(13)23/h1-2,5-7,12-13,24-25,27H,3-4,8,23H2/t12-,13+/m0/s1. The highest BCUT2D eigenvalue weighted by Gasteiger charge is 2.26. The Balaban J connectivity index is 1.67. The lowest BCUT2D eigenvalue weighted by atomic mass is 10.0. The molecule has 4 aromatic rings. The van der Waals surface area contributed by atoms with Crippen molar-refractivity contribution >= 4 is 38.0 Å². The number of anilines is 1. The number of hydrogen-bond acceptors (Lipinski definition) is 6. The maximum absolute atomic E-state index is 15.1. The van der Waals surface area contributed by atoms with Gasteiger partial charge in [0.25, 0.3) is 0 Å². The monoisotopic (exact) mass is 416 g/mol. The highest BCUT2D eigenvalue weighted by molar-refractivity contribution is 7.22. The molecule has 1 aliphatic rings. The number of nitrogens with zero attached hydrogens (tertiary/aromatic N) is 1. The van der Waals surface area contributed by atoms with Gasteiger partial charge in [-0.2, -0.15) is 0 Å². The summed E-state index contributed by atoms with van der Waals surface area (Å²) in [5.41, 5.74) is 6.51. The van der Waals surface area contributed by atoms with Gasteiger partial charge < -0.3 is 25.9 Å². The highest BCUT2D eigenvalue weighted by Crippen LogP contribution is 2.41. The SMILES string of the molecule is N[C@H]1COCC[C@H]1Nc1nc(-c2cc3cc(F)ccc3s2)c2c(O)[nH]cc2c1F. The first-order valence-electron chi connectivity index (χ1n) is 9.20. The van der Waals surface area contributed by atoms with E-state index in [-0.39, 0.29) is 40.4 Å². The minimum Gasteiger partial charge on any atom is -0.494 e. The lowest BCUT2D eigenvalue weighted by molar-refractivity contribution is 0.0751. The fourth-order valence-electron chi connectivity index (χ4n) is 3.69. The highest BCUT2D eigenvalue weighted by atomic mass is 32.1. The van der Waals surface area contributed by atoms with Crippen LogP contribution in [0.3, 0.4) is 0 Å². The largest absolute Gasteiger partial charge is 0.494 e. The molecule has 0 spiro atoms. The van der Waals surface area contributed by atoms with Crippen LogP contribution in [0.5, 0.6) is 5.88 Å². The zero-order valence-electron chi connectivity index (χ0n) is 15.2. The molecule has 4 heterocycles. The zero-order valence-corrected chi connectivity index (χ0v) is 16.0. The molecule has 5 N–H and O–H groups in total. The first kappa shape index (κ1) is 18.3. The van der Waals surface area contributed by atoms with Crippen molar-refractivity contribution in [2.24, 2.45) is 5.73 Å². The van der Waals surface area contributed by atoms with E-state index in [1.807, 2.05) is 0 Å². The molecule has 0 saturated carbocycles. The van der Waals surface area contributed by atoms with Gasteiger partial charge in [0, 0.05) is 35.0 Å². The Morgan fingerprint density at radius 2 is 2.17 bits per heavy atom. The number of aromatic amines is 1. The summed E-state index contributed by atoms with van der Waals surface area (Å²) in [5.74, 6) is -0.998. The third kappa shape index (κ3) is 3.11. The molecule has 5 rings (SSSR count). The molecule has 0 bridgehead atoms. The third-order valence-electron chi connectivity index (χ3n) is 5.20. The molecule has 0 unspecified atom stereocenters. The van der Waals surface area contributed by atoms with Crippen LogP contribution < -0.4 is 11.1 Å². The van der Waals surface area contributed by atoms with Crippen molar-refractivity contribution in [1.29, 1.82) is 0 Å². The summed E-state index contributed by atoms with van der Waals surface area (Å²) in [5, 5.41) is 14.6. The van der Waals surface area contributed by atoms with Crippen LogP contribution in [0.2, 0.25) is 0 Å². The number of nitrogens with two attached hydrogens (primary N) is 1. The summed E-state index contributed by atoms with van der Waals surface area (Å²) in [6.07, 6.45) is 2.05. The number of pyridine rings is 1. The van der Waals surface area contributed by atoms with E-state index in [4.69, 9.17) is 10.5 Å². The number of ether oxygens (including phenoxy) is 1. The van der Waals surface area contributed by atoms with Crippen LogP contribution in [-0.4, -0.2) is 40.4 Å². The molecule has 2 atom stereocenters. The van der Waals surface area contributed by atoms with Crippen LogP contribution in [0, 0.1) is 11.6 Å². The van der Waals surface area contributed by atoms with Crippen molar-refractivity contribution in [3.63, 3.8) is 0 Å². The van der Waals surface area contributed by atoms with Crippen LogP contribution in [0.1, 0.15) is 6.42 Å². The van der Waals surface area contributed by atoms with E-state index in [2.05, 4.69) is 15.3 Å². The number of aromatic nitrogens is 2. The number of halogens is 2. The molecule has 0 amide bonds. The summed E-state index contributed by atoms with van der Waals surface area (Å²) < 4.78 is 35.0. The van der Waals surface area contributed by atoms with Crippen LogP contribution in [0.25, 0.3) is 31.4 Å².